The highest BCUT2D eigenvalue weighted by atomic mass is 28.4. The maximum Gasteiger partial charge on any atom is 0.250 e. The van der Waals surface area contributed by atoms with E-state index in [1.807, 2.05) is 0 Å². The molecule has 1 aromatic heterocycles. The van der Waals surface area contributed by atoms with E-state index >= 15 is 0 Å². The van der Waals surface area contributed by atoms with Crippen molar-refractivity contribution in [3.8, 4) is 5.75 Å². The van der Waals surface area contributed by atoms with E-state index in [9.17, 15) is 4.79 Å². The van der Waals surface area contributed by atoms with Gasteiger partial charge in [-0.05, 0) is 104 Å². The Kier molecular flexibility index (Phi) is 6.86. The molecule has 2 saturated carbocycles. The summed E-state index contributed by atoms with van der Waals surface area (Å²) in [5.74, 6) is 2.51. The Morgan fingerprint density at radius 3 is 2.09 bits per heavy atom. The molecule has 1 aromatic carbocycles. The van der Waals surface area contributed by atoms with Crippen molar-refractivity contribution >= 4 is 14.1 Å². The van der Waals surface area contributed by atoms with E-state index in [1.165, 1.54) is 24.0 Å². The zero-order valence-electron chi connectivity index (χ0n) is 21.4. The van der Waals surface area contributed by atoms with Crippen LogP contribution in [-0.4, -0.2) is 19.1 Å². The maximum absolute atomic E-state index is 13.4. The number of aromatic nitrogens is 1. The first-order chi connectivity index (χ1) is 15.6. The van der Waals surface area contributed by atoms with E-state index in [0.717, 1.165) is 49.2 Å². The van der Waals surface area contributed by atoms with Crippen LogP contribution in [0.4, 0.5) is 0 Å². The Hall–Kier alpha value is -1.94. The maximum atomic E-state index is 13.4. The molecule has 2 aliphatic rings. The summed E-state index contributed by atoms with van der Waals surface area (Å²) < 4.78 is 6.45. The first kappa shape index (κ1) is 24.2. The average molecular weight is 464 g/mol. The monoisotopic (exact) mass is 463 g/mol. The molecule has 2 fully saturated rings. The van der Waals surface area contributed by atoms with Gasteiger partial charge in [-0.3, -0.25) is 4.79 Å². The largest absolute Gasteiger partial charge is 0.544 e. The fourth-order valence-corrected chi connectivity index (χ4v) is 5.80. The third-order valence-corrected chi connectivity index (χ3v) is 12.6. The molecule has 0 saturated heterocycles. The van der Waals surface area contributed by atoms with E-state index in [1.54, 1.807) is 0 Å². The number of rotatable bonds is 7. The summed E-state index contributed by atoms with van der Waals surface area (Å²) in [5, 5.41) is 0.196. The molecule has 3 nitrogen and oxygen atoms in total. The van der Waals surface area contributed by atoms with Gasteiger partial charge in [-0.25, -0.2) is 4.98 Å². The Bertz CT molecular complexity index is 978. The molecule has 178 valence electrons. The molecule has 4 heteroatoms. The predicted octanol–water partition coefficient (Wildman–Crippen LogP) is 8.06. The number of nitrogens with zero attached hydrogens (tertiary/aromatic N) is 1. The van der Waals surface area contributed by atoms with Crippen molar-refractivity contribution in [3.05, 3.63) is 58.9 Å². The molecule has 0 radical (unpaired) electrons. The second-order valence-corrected chi connectivity index (χ2v) is 16.4. The minimum absolute atomic E-state index is 0.125. The number of aryl methyl sites for hydroxylation is 1. The number of hydrogen-bond acceptors (Lipinski definition) is 3. The molecule has 4 rings (SSSR count). The minimum Gasteiger partial charge on any atom is -0.544 e. The average Bonchev–Trinajstić information content (AvgIpc) is 3.63. The van der Waals surface area contributed by atoms with Crippen molar-refractivity contribution in [3.63, 3.8) is 0 Å². The smallest absolute Gasteiger partial charge is 0.250 e. The van der Waals surface area contributed by atoms with E-state index < -0.39 is 8.32 Å². The number of hydrogen-bond donors (Lipinski definition) is 0. The molecule has 33 heavy (non-hydrogen) atoms. The molecule has 2 aromatic rings. The van der Waals surface area contributed by atoms with Gasteiger partial charge in [0.15, 0.2) is 5.78 Å². The first-order valence-electron chi connectivity index (χ1n) is 12.9. The highest BCUT2D eigenvalue weighted by molar-refractivity contribution is 6.74. The SMILES string of the molecule is CCc1ccc(C2CC2)c(C(=O)C2CCC(c3ccc(O[Si](C)(C)C(C)(C)C)cc3)CC2)n1. The van der Waals surface area contributed by atoms with Crippen LogP contribution in [0.25, 0.3) is 0 Å². The summed E-state index contributed by atoms with van der Waals surface area (Å²) in [6, 6.07) is 13.1. The topological polar surface area (TPSA) is 39.2 Å². The van der Waals surface area contributed by atoms with Crippen LogP contribution in [0.1, 0.15) is 105 Å². The summed E-state index contributed by atoms with van der Waals surface area (Å²) in [7, 11) is -1.82. The molecule has 1 heterocycles. The Balaban J connectivity index is 1.39. The van der Waals surface area contributed by atoms with Crippen LogP contribution in [0, 0.1) is 5.92 Å². The van der Waals surface area contributed by atoms with Gasteiger partial charge in [-0.1, -0.05) is 45.9 Å². The molecule has 0 spiro atoms. The third kappa shape index (κ3) is 5.42. The summed E-state index contributed by atoms with van der Waals surface area (Å²) in [6.07, 6.45) is 7.37. The quantitative estimate of drug-likeness (QED) is 0.308. The normalized spacial score (nSPS) is 21.6. The van der Waals surface area contributed by atoms with Gasteiger partial charge in [0.05, 0.1) is 0 Å². The fourth-order valence-electron chi connectivity index (χ4n) is 4.77. The second kappa shape index (κ2) is 9.36. The summed E-state index contributed by atoms with van der Waals surface area (Å²) in [4.78, 5) is 18.2. The highest BCUT2D eigenvalue weighted by Gasteiger charge is 2.39. The van der Waals surface area contributed by atoms with Crippen molar-refractivity contribution in [2.24, 2.45) is 5.92 Å². The Labute approximate surface area is 201 Å². The minimum atomic E-state index is -1.82. The van der Waals surface area contributed by atoms with Gasteiger partial charge in [0.2, 0.25) is 8.32 Å². The number of carbonyl (C=O) groups is 1. The molecule has 0 N–H and O–H groups in total. The molecule has 0 aliphatic heterocycles. The van der Waals surface area contributed by atoms with E-state index in [2.05, 4.69) is 77.2 Å². The van der Waals surface area contributed by atoms with E-state index in [4.69, 9.17) is 9.41 Å². The van der Waals surface area contributed by atoms with Crippen LogP contribution in [0.15, 0.2) is 36.4 Å². The van der Waals surface area contributed by atoms with Crippen LogP contribution in [-0.2, 0) is 6.42 Å². The molecule has 0 bridgehead atoms. The Morgan fingerprint density at radius 1 is 0.939 bits per heavy atom. The molecule has 0 atom stereocenters. The lowest BCUT2D eigenvalue weighted by atomic mass is 9.76. The van der Waals surface area contributed by atoms with Gasteiger partial charge in [0.25, 0.3) is 0 Å². The third-order valence-electron chi connectivity index (χ3n) is 8.23. The standard InChI is InChI=1S/C29H41NO2Si/c1-7-24-16-19-26(22-10-11-22)27(30-24)28(31)23-12-8-20(9-13-23)21-14-17-25(18-15-21)32-33(5,6)29(2,3)4/h14-20,22-23H,7-13H2,1-6H3. The van der Waals surface area contributed by atoms with Crippen molar-refractivity contribution in [1.29, 1.82) is 0 Å². The van der Waals surface area contributed by atoms with Gasteiger partial charge in [0.1, 0.15) is 11.4 Å². The summed E-state index contributed by atoms with van der Waals surface area (Å²) in [5.41, 5.74) is 4.41. The van der Waals surface area contributed by atoms with E-state index in [-0.39, 0.29) is 11.0 Å². The zero-order chi connectivity index (χ0) is 23.8. The predicted molar refractivity (Wildman–Crippen MR) is 139 cm³/mol. The zero-order valence-corrected chi connectivity index (χ0v) is 22.4. The summed E-state index contributed by atoms with van der Waals surface area (Å²) in [6.45, 7) is 13.5. The van der Waals surface area contributed by atoms with Crippen LogP contribution in [0.2, 0.25) is 18.1 Å². The second-order valence-electron chi connectivity index (χ2n) is 11.7. The highest BCUT2D eigenvalue weighted by Crippen LogP contribution is 2.44. The summed E-state index contributed by atoms with van der Waals surface area (Å²) >= 11 is 0. The number of pyridine rings is 1. The lowest BCUT2D eigenvalue weighted by Crippen LogP contribution is -2.43. The lowest BCUT2D eigenvalue weighted by Gasteiger charge is -2.36. The Morgan fingerprint density at radius 2 is 1.55 bits per heavy atom. The van der Waals surface area contributed by atoms with Gasteiger partial charge in [-0.2, -0.15) is 0 Å². The first-order valence-corrected chi connectivity index (χ1v) is 15.8. The molecule has 0 unspecified atom stereocenters. The van der Waals surface area contributed by atoms with Gasteiger partial charge in [0, 0.05) is 11.6 Å². The molecular weight excluding hydrogens is 422 g/mol. The number of Topliss-reactive ketones (excluding diaryl/α,β-unsaturated/α-hetero) is 1. The van der Waals surface area contributed by atoms with Crippen molar-refractivity contribution in [2.75, 3.05) is 0 Å². The molecule has 2 aliphatic carbocycles. The number of benzene rings is 1. The van der Waals surface area contributed by atoms with Crippen LogP contribution < -0.4 is 4.43 Å². The van der Waals surface area contributed by atoms with Gasteiger partial charge < -0.3 is 4.43 Å². The lowest BCUT2D eigenvalue weighted by molar-refractivity contribution is 0.0877. The van der Waals surface area contributed by atoms with Gasteiger partial charge in [-0.15, -0.1) is 0 Å². The van der Waals surface area contributed by atoms with Crippen molar-refractivity contribution in [2.45, 2.75) is 103 Å². The number of ketones is 1. The molecular formula is C29H41NO2Si. The van der Waals surface area contributed by atoms with Crippen molar-refractivity contribution in [1.82, 2.24) is 4.98 Å². The molecule has 0 amide bonds. The van der Waals surface area contributed by atoms with Gasteiger partial charge >= 0.3 is 0 Å². The van der Waals surface area contributed by atoms with Crippen LogP contribution in [0.5, 0.6) is 5.75 Å². The van der Waals surface area contributed by atoms with Crippen LogP contribution in [0.3, 0.4) is 0 Å². The number of carbonyl (C=O) groups excluding carboxylic acids is 1. The fraction of sp³-hybridized carbons (Fsp3) is 0.586. The van der Waals surface area contributed by atoms with Crippen molar-refractivity contribution < 1.29 is 9.22 Å². The van der Waals surface area contributed by atoms with E-state index in [0.29, 0.717) is 17.6 Å². The van der Waals surface area contributed by atoms with Crippen LogP contribution >= 0.6 is 0 Å².